The number of hydrogen-bond donors (Lipinski definition) is 2. The third-order valence-corrected chi connectivity index (χ3v) is 5.53. The summed E-state index contributed by atoms with van der Waals surface area (Å²) in [5.74, 6) is 0.965. The van der Waals surface area contributed by atoms with E-state index in [2.05, 4.69) is 20.8 Å². The van der Waals surface area contributed by atoms with Crippen LogP contribution >= 0.6 is 11.3 Å². The summed E-state index contributed by atoms with van der Waals surface area (Å²) < 4.78 is 10.9. The first kappa shape index (κ1) is 22.2. The zero-order valence-electron chi connectivity index (χ0n) is 17.9. The van der Waals surface area contributed by atoms with Crippen molar-refractivity contribution < 1.29 is 18.7 Å². The lowest BCUT2D eigenvalue weighted by molar-refractivity contribution is 0.0938. The van der Waals surface area contributed by atoms with E-state index < -0.39 is 0 Å². The fourth-order valence-electron chi connectivity index (χ4n) is 3.04. The Hall–Kier alpha value is -3.98. The molecule has 168 valence electrons. The maximum absolute atomic E-state index is 12.5. The molecule has 2 N–H and O–H groups in total. The van der Waals surface area contributed by atoms with Crippen molar-refractivity contribution in [2.24, 2.45) is 0 Å². The second kappa shape index (κ2) is 10.6. The molecular formula is C24H22N4O4S. The highest BCUT2D eigenvalue weighted by atomic mass is 32.1. The first-order chi connectivity index (χ1) is 16.1. The van der Waals surface area contributed by atoms with Crippen molar-refractivity contribution in [3.05, 3.63) is 94.3 Å². The topological polar surface area (TPSA) is 106 Å². The van der Waals surface area contributed by atoms with E-state index in [1.54, 1.807) is 30.5 Å². The lowest BCUT2D eigenvalue weighted by Gasteiger charge is -2.13. The first-order valence-electron chi connectivity index (χ1n) is 10.3. The Bertz CT molecular complexity index is 1190. The van der Waals surface area contributed by atoms with Gasteiger partial charge in [0.05, 0.1) is 6.26 Å². The monoisotopic (exact) mass is 462 g/mol. The van der Waals surface area contributed by atoms with Crippen molar-refractivity contribution in [1.82, 2.24) is 15.5 Å². The Morgan fingerprint density at radius 3 is 2.52 bits per heavy atom. The molecule has 4 aromatic rings. The summed E-state index contributed by atoms with van der Waals surface area (Å²) in [5.41, 5.74) is 1.05. The number of para-hydroxylation sites is 1. The highest BCUT2D eigenvalue weighted by Crippen LogP contribution is 2.17. The van der Waals surface area contributed by atoms with Crippen molar-refractivity contribution in [3.63, 3.8) is 0 Å². The minimum atomic E-state index is -0.372. The third kappa shape index (κ3) is 6.27. The van der Waals surface area contributed by atoms with Crippen LogP contribution in [-0.2, 0) is 13.0 Å². The van der Waals surface area contributed by atoms with Gasteiger partial charge in [-0.3, -0.25) is 9.59 Å². The summed E-state index contributed by atoms with van der Waals surface area (Å²) in [6, 6.07) is 19.6. The van der Waals surface area contributed by atoms with E-state index in [9.17, 15) is 9.59 Å². The Labute approximate surface area is 194 Å². The number of nitrogens with one attached hydrogen (secondary N) is 2. The Balaban J connectivity index is 1.28. The molecular weight excluding hydrogens is 440 g/mol. The summed E-state index contributed by atoms with van der Waals surface area (Å²) in [6.07, 6.45) is 2.21. The Morgan fingerprint density at radius 2 is 1.79 bits per heavy atom. The molecule has 0 bridgehead atoms. The third-order valence-electron chi connectivity index (χ3n) is 4.64. The molecule has 33 heavy (non-hydrogen) atoms. The second-order valence-corrected chi connectivity index (χ2v) is 8.35. The van der Waals surface area contributed by atoms with Gasteiger partial charge in [-0.15, -0.1) is 10.2 Å². The van der Waals surface area contributed by atoms with E-state index in [-0.39, 0.29) is 29.5 Å². The number of hydrogen-bond acceptors (Lipinski definition) is 7. The SMILES string of the molecule is C[C@@H](Cc1ccco1)NC(=O)c1ccc(NC(=O)c2nnc(COc3ccccc3)s2)cc1. The molecule has 0 aliphatic carbocycles. The molecule has 2 amide bonds. The van der Waals surface area contributed by atoms with Gasteiger partial charge < -0.3 is 19.8 Å². The lowest BCUT2D eigenvalue weighted by atomic mass is 10.1. The molecule has 0 aliphatic rings. The van der Waals surface area contributed by atoms with Crippen LogP contribution < -0.4 is 15.4 Å². The van der Waals surface area contributed by atoms with E-state index in [0.29, 0.717) is 22.7 Å². The number of furan rings is 1. The Kier molecular flexibility index (Phi) is 7.11. The number of carbonyl (C=O) groups is 2. The van der Waals surface area contributed by atoms with Gasteiger partial charge in [-0.1, -0.05) is 29.5 Å². The van der Waals surface area contributed by atoms with Gasteiger partial charge in [0.1, 0.15) is 18.1 Å². The van der Waals surface area contributed by atoms with Crippen LogP contribution in [0.5, 0.6) is 5.75 Å². The van der Waals surface area contributed by atoms with Gasteiger partial charge in [-0.05, 0) is 55.5 Å². The second-order valence-electron chi connectivity index (χ2n) is 7.29. The summed E-state index contributed by atoms with van der Waals surface area (Å²) in [7, 11) is 0. The minimum Gasteiger partial charge on any atom is -0.486 e. The maximum Gasteiger partial charge on any atom is 0.286 e. The summed E-state index contributed by atoms with van der Waals surface area (Å²) in [4.78, 5) is 24.9. The van der Waals surface area contributed by atoms with Gasteiger partial charge in [0.25, 0.3) is 11.8 Å². The number of carbonyl (C=O) groups excluding carboxylic acids is 2. The molecule has 0 saturated heterocycles. The average molecular weight is 463 g/mol. The number of aromatic nitrogens is 2. The van der Waals surface area contributed by atoms with Crippen LogP contribution in [0.25, 0.3) is 0 Å². The van der Waals surface area contributed by atoms with Crippen LogP contribution in [0.15, 0.2) is 77.4 Å². The van der Waals surface area contributed by atoms with Crippen LogP contribution in [0.1, 0.15) is 37.9 Å². The molecule has 0 unspecified atom stereocenters. The normalized spacial score (nSPS) is 11.5. The molecule has 0 fully saturated rings. The predicted octanol–water partition coefficient (Wildman–Crippen LogP) is 4.32. The molecule has 0 aliphatic heterocycles. The molecule has 4 rings (SSSR count). The van der Waals surface area contributed by atoms with Crippen LogP contribution in [0.3, 0.4) is 0 Å². The van der Waals surface area contributed by atoms with Crippen LogP contribution in [0, 0.1) is 0 Å². The zero-order valence-corrected chi connectivity index (χ0v) is 18.7. The number of ether oxygens (including phenoxy) is 1. The summed E-state index contributed by atoms with van der Waals surface area (Å²) >= 11 is 1.16. The van der Waals surface area contributed by atoms with E-state index in [1.165, 1.54) is 0 Å². The Morgan fingerprint density at radius 1 is 1.00 bits per heavy atom. The van der Waals surface area contributed by atoms with Crippen molar-refractivity contribution in [2.45, 2.75) is 26.0 Å². The molecule has 8 nitrogen and oxygen atoms in total. The largest absolute Gasteiger partial charge is 0.486 e. The molecule has 2 aromatic carbocycles. The number of nitrogens with zero attached hydrogens (tertiary/aromatic N) is 2. The molecule has 0 saturated carbocycles. The van der Waals surface area contributed by atoms with Crippen molar-refractivity contribution in [3.8, 4) is 5.75 Å². The highest BCUT2D eigenvalue weighted by molar-refractivity contribution is 7.13. The molecule has 2 aromatic heterocycles. The van der Waals surface area contributed by atoms with Crippen LogP contribution in [-0.4, -0.2) is 28.1 Å². The zero-order chi connectivity index (χ0) is 23.0. The fraction of sp³-hybridized carbons (Fsp3) is 0.167. The van der Waals surface area contributed by atoms with Gasteiger partial charge in [0, 0.05) is 23.7 Å². The van der Waals surface area contributed by atoms with Crippen molar-refractivity contribution >= 4 is 28.8 Å². The van der Waals surface area contributed by atoms with Gasteiger partial charge in [-0.2, -0.15) is 0 Å². The summed E-state index contributed by atoms with van der Waals surface area (Å²) in [6.45, 7) is 2.15. The quantitative estimate of drug-likeness (QED) is 0.384. The predicted molar refractivity (Wildman–Crippen MR) is 124 cm³/mol. The molecule has 1 atom stereocenters. The van der Waals surface area contributed by atoms with E-state index in [1.807, 2.05) is 49.4 Å². The average Bonchev–Trinajstić information content (AvgIpc) is 3.51. The smallest absolute Gasteiger partial charge is 0.286 e. The molecule has 0 radical (unpaired) electrons. The first-order valence-corrected chi connectivity index (χ1v) is 11.1. The van der Waals surface area contributed by atoms with E-state index in [0.717, 1.165) is 22.8 Å². The van der Waals surface area contributed by atoms with Crippen LogP contribution in [0.2, 0.25) is 0 Å². The van der Waals surface area contributed by atoms with Gasteiger partial charge in [-0.25, -0.2) is 0 Å². The molecule has 0 spiro atoms. The number of anilines is 1. The van der Waals surface area contributed by atoms with Gasteiger partial charge in [0.2, 0.25) is 5.01 Å². The number of benzene rings is 2. The van der Waals surface area contributed by atoms with E-state index in [4.69, 9.17) is 9.15 Å². The summed E-state index contributed by atoms with van der Waals surface area (Å²) in [5, 5.41) is 14.5. The highest BCUT2D eigenvalue weighted by Gasteiger charge is 2.15. The lowest BCUT2D eigenvalue weighted by Crippen LogP contribution is -2.33. The fourth-order valence-corrected chi connectivity index (χ4v) is 3.69. The number of amides is 2. The minimum absolute atomic E-state index is 0.0829. The maximum atomic E-state index is 12.5. The van der Waals surface area contributed by atoms with Gasteiger partial charge in [0.15, 0.2) is 5.01 Å². The van der Waals surface area contributed by atoms with Gasteiger partial charge >= 0.3 is 0 Å². The molecule has 9 heteroatoms. The number of rotatable bonds is 9. The van der Waals surface area contributed by atoms with Crippen molar-refractivity contribution in [2.75, 3.05) is 5.32 Å². The standard InChI is InChI=1S/C24H22N4O4S/c1-16(14-20-8-5-13-31-20)25-22(29)17-9-11-18(12-10-17)26-23(30)24-28-27-21(33-24)15-32-19-6-3-2-4-7-19/h2-13,16H,14-15H2,1H3,(H,25,29)(H,26,30)/t16-/m0/s1. The van der Waals surface area contributed by atoms with E-state index >= 15 is 0 Å². The van der Waals surface area contributed by atoms with Crippen LogP contribution in [0.4, 0.5) is 5.69 Å². The molecule has 2 heterocycles. The van der Waals surface area contributed by atoms with Crippen molar-refractivity contribution in [1.29, 1.82) is 0 Å².